The third kappa shape index (κ3) is 3.00. The van der Waals surface area contributed by atoms with Gasteiger partial charge in [-0.2, -0.15) is 5.10 Å². The second-order valence-corrected chi connectivity index (χ2v) is 5.03. The van der Waals surface area contributed by atoms with E-state index in [9.17, 15) is 9.90 Å². The Kier molecular flexibility index (Phi) is 3.85. The van der Waals surface area contributed by atoms with Crippen LogP contribution in [0.15, 0.2) is 30.6 Å². The highest BCUT2D eigenvalue weighted by Crippen LogP contribution is 2.20. The number of aromatic nitrogens is 2. The lowest BCUT2D eigenvalue weighted by molar-refractivity contribution is 0.0950. The summed E-state index contributed by atoms with van der Waals surface area (Å²) in [6.07, 6.45) is 3.54. The largest absolute Gasteiger partial charge is 0.507 e. The first-order valence-electron chi connectivity index (χ1n) is 5.30. The summed E-state index contributed by atoms with van der Waals surface area (Å²) in [4.78, 5) is 11.8. The summed E-state index contributed by atoms with van der Waals surface area (Å²) < 4.78 is 2.40. The normalized spacial score (nSPS) is 10.3. The number of phenolic OH excluding ortho intramolecular Hbond substituents is 1. The molecule has 0 unspecified atom stereocenters. The fourth-order valence-corrected chi connectivity index (χ4v) is 1.84. The molecular weight excluding hydrogens is 345 g/mol. The number of aromatic hydroxyl groups is 1. The average molecular weight is 357 g/mol. The number of aryl methyl sites for hydroxylation is 1. The van der Waals surface area contributed by atoms with Crippen LogP contribution >= 0.6 is 22.6 Å². The van der Waals surface area contributed by atoms with Crippen LogP contribution in [0.25, 0.3) is 0 Å². The molecule has 2 aromatic rings. The molecular formula is C12H12IN3O2. The van der Waals surface area contributed by atoms with Crippen molar-refractivity contribution in [1.29, 1.82) is 0 Å². The molecule has 0 aliphatic heterocycles. The van der Waals surface area contributed by atoms with Crippen LogP contribution in [0.5, 0.6) is 5.75 Å². The third-order valence-corrected chi connectivity index (χ3v) is 3.33. The molecule has 1 aromatic heterocycles. The van der Waals surface area contributed by atoms with E-state index in [1.807, 2.05) is 35.8 Å². The summed E-state index contributed by atoms with van der Waals surface area (Å²) in [5, 5.41) is 16.3. The maximum Gasteiger partial charge on any atom is 0.251 e. The maximum absolute atomic E-state index is 11.8. The number of carbonyl (C=O) groups is 1. The Bertz CT molecular complexity index is 580. The van der Waals surface area contributed by atoms with E-state index < -0.39 is 0 Å². The van der Waals surface area contributed by atoms with Gasteiger partial charge in [-0.25, -0.2) is 0 Å². The van der Waals surface area contributed by atoms with Crippen molar-refractivity contribution in [3.8, 4) is 5.75 Å². The molecule has 1 amide bonds. The van der Waals surface area contributed by atoms with Gasteiger partial charge in [0.2, 0.25) is 0 Å². The topological polar surface area (TPSA) is 67.2 Å². The standard InChI is InChI=1S/C12H12IN3O2/c1-16-7-8(6-15-16)5-14-12(18)9-2-3-10(13)11(17)4-9/h2-4,6-7,17H,5H2,1H3,(H,14,18). The summed E-state index contributed by atoms with van der Waals surface area (Å²) in [6, 6.07) is 4.84. The van der Waals surface area contributed by atoms with Gasteiger partial charge in [-0.1, -0.05) is 0 Å². The monoisotopic (exact) mass is 357 g/mol. The number of rotatable bonds is 3. The van der Waals surface area contributed by atoms with Crippen LogP contribution in [-0.2, 0) is 13.6 Å². The van der Waals surface area contributed by atoms with Crippen LogP contribution in [0, 0.1) is 3.57 Å². The van der Waals surface area contributed by atoms with Gasteiger partial charge >= 0.3 is 0 Å². The van der Waals surface area contributed by atoms with Gasteiger partial charge in [-0.3, -0.25) is 9.48 Å². The lowest BCUT2D eigenvalue weighted by Gasteiger charge is -2.05. The van der Waals surface area contributed by atoms with Crippen LogP contribution in [0.1, 0.15) is 15.9 Å². The second-order valence-electron chi connectivity index (χ2n) is 3.87. The quantitative estimate of drug-likeness (QED) is 0.822. The Morgan fingerprint density at radius 1 is 1.56 bits per heavy atom. The smallest absolute Gasteiger partial charge is 0.251 e. The van der Waals surface area contributed by atoms with Gasteiger partial charge in [0.05, 0.1) is 9.77 Å². The average Bonchev–Trinajstić information content (AvgIpc) is 2.75. The lowest BCUT2D eigenvalue weighted by atomic mass is 10.2. The Morgan fingerprint density at radius 3 is 2.94 bits per heavy atom. The highest BCUT2D eigenvalue weighted by Gasteiger charge is 2.08. The molecule has 94 valence electrons. The Hall–Kier alpha value is -1.57. The second kappa shape index (κ2) is 5.38. The number of benzene rings is 1. The van der Waals surface area contributed by atoms with E-state index in [4.69, 9.17) is 0 Å². The van der Waals surface area contributed by atoms with Gasteiger partial charge in [0, 0.05) is 30.9 Å². The van der Waals surface area contributed by atoms with Gasteiger partial charge < -0.3 is 10.4 Å². The Labute approximate surface area is 118 Å². The van der Waals surface area contributed by atoms with Crippen molar-refractivity contribution in [1.82, 2.24) is 15.1 Å². The van der Waals surface area contributed by atoms with E-state index in [1.165, 1.54) is 6.07 Å². The Balaban J connectivity index is 2.01. The van der Waals surface area contributed by atoms with Gasteiger partial charge in [0.25, 0.3) is 5.91 Å². The molecule has 0 saturated carbocycles. The van der Waals surface area contributed by atoms with E-state index in [0.717, 1.165) is 9.13 Å². The zero-order chi connectivity index (χ0) is 13.1. The molecule has 5 nitrogen and oxygen atoms in total. The molecule has 0 spiro atoms. The molecule has 2 N–H and O–H groups in total. The fraction of sp³-hybridized carbons (Fsp3) is 0.167. The first-order valence-corrected chi connectivity index (χ1v) is 6.38. The van der Waals surface area contributed by atoms with E-state index in [2.05, 4.69) is 10.4 Å². The molecule has 6 heteroatoms. The molecule has 0 radical (unpaired) electrons. The van der Waals surface area contributed by atoms with Crippen LogP contribution in [0.4, 0.5) is 0 Å². The number of carbonyl (C=O) groups excluding carboxylic acids is 1. The fourth-order valence-electron chi connectivity index (χ4n) is 1.50. The predicted octanol–water partition coefficient (Wildman–Crippen LogP) is 1.66. The molecule has 0 aliphatic carbocycles. The molecule has 1 heterocycles. The SMILES string of the molecule is Cn1cc(CNC(=O)c2ccc(I)c(O)c2)cn1. The van der Waals surface area contributed by atoms with E-state index >= 15 is 0 Å². The van der Waals surface area contributed by atoms with Gasteiger partial charge in [0.1, 0.15) is 5.75 Å². The van der Waals surface area contributed by atoms with Crippen molar-refractivity contribution in [2.24, 2.45) is 7.05 Å². The minimum Gasteiger partial charge on any atom is -0.507 e. The molecule has 1 aromatic carbocycles. The first-order chi connectivity index (χ1) is 8.56. The summed E-state index contributed by atoms with van der Waals surface area (Å²) in [7, 11) is 1.82. The highest BCUT2D eigenvalue weighted by atomic mass is 127. The number of hydrogen-bond acceptors (Lipinski definition) is 3. The zero-order valence-corrected chi connectivity index (χ0v) is 11.9. The van der Waals surface area contributed by atoms with Crippen LogP contribution in [0.3, 0.4) is 0 Å². The van der Waals surface area contributed by atoms with Crippen molar-refractivity contribution in [2.45, 2.75) is 6.54 Å². The van der Waals surface area contributed by atoms with Crippen molar-refractivity contribution in [2.75, 3.05) is 0 Å². The number of halogens is 1. The van der Waals surface area contributed by atoms with Gasteiger partial charge in [-0.05, 0) is 40.8 Å². The zero-order valence-electron chi connectivity index (χ0n) is 9.72. The van der Waals surface area contributed by atoms with Crippen LogP contribution in [0.2, 0.25) is 0 Å². The van der Waals surface area contributed by atoms with E-state index in [-0.39, 0.29) is 11.7 Å². The summed E-state index contributed by atoms with van der Waals surface area (Å²) >= 11 is 2.01. The van der Waals surface area contributed by atoms with Crippen molar-refractivity contribution >= 4 is 28.5 Å². The minimum absolute atomic E-state index is 0.115. The molecule has 0 atom stereocenters. The van der Waals surface area contributed by atoms with Gasteiger partial charge in [0.15, 0.2) is 0 Å². The van der Waals surface area contributed by atoms with E-state index in [1.54, 1.807) is 23.0 Å². The van der Waals surface area contributed by atoms with E-state index in [0.29, 0.717) is 12.1 Å². The minimum atomic E-state index is -0.217. The first kappa shape index (κ1) is 12.9. The molecule has 2 rings (SSSR count). The molecule has 0 aliphatic rings. The predicted molar refractivity (Wildman–Crippen MR) is 75.2 cm³/mol. The van der Waals surface area contributed by atoms with Crippen molar-refractivity contribution in [3.63, 3.8) is 0 Å². The lowest BCUT2D eigenvalue weighted by Crippen LogP contribution is -2.22. The number of amides is 1. The van der Waals surface area contributed by atoms with Crippen LogP contribution in [-0.4, -0.2) is 20.8 Å². The molecule has 0 saturated heterocycles. The van der Waals surface area contributed by atoms with Crippen LogP contribution < -0.4 is 5.32 Å². The van der Waals surface area contributed by atoms with Gasteiger partial charge in [-0.15, -0.1) is 0 Å². The molecule has 0 bridgehead atoms. The van der Waals surface area contributed by atoms with Crippen molar-refractivity contribution in [3.05, 3.63) is 45.3 Å². The molecule has 18 heavy (non-hydrogen) atoms. The summed E-state index contributed by atoms with van der Waals surface area (Å²) in [5.41, 5.74) is 1.37. The van der Waals surface area contributed by atoms with Crippen molar-refractivity contribution < 1.29 is 9.90 Å². The third-order valence-electron chi connectivity index (χ3n) is 2.42. The maximum atomic E-state index is 11.8. The Morgan fingerprint density at radius 2 is 2.33 bits per heavy atom. The summed E-state index contributed by atoms with van der Waals surface area (Å²) in [5.74, 6) is -0.102. The number of phenols is 1. The number of hydrogen-bond donors (Lipinski definition) is 2. The number of nitrogens with one attached hydrogen (secondary N) is 1. The number of nitrogens with zero attached hydrogens (tertiary/aromatic N) is 2. The summed E-state index contributed by atoms with van der Waals surface area (Å²) in [6.45, 7) is 0.416. The molecule has 0 fully saturated rings. The highest BCUT2D eigenvalue weighted by molar-refractivity contribution is 14.1.